The summed E-state index contributed by atoms with van der Waals surface area (Å²) < 4.78 is 13.8. The zero-order valence-electron chi connectivity index (χ0n) is 18.9. The van der Waals surface area contributed by atoms with Crippen LogP contribution in [0.15, 0.2) is 47.5 Å². The van der Waals surface area contributed by atoms with Crippen LogP contribution in [0, 0.1) is 0 Å². The quantitative estimate of drug-likeness (QED) is 0.617. The van der Waals surface area contributed by atoms with E-state index in [2.05, 4.69) is 21.0 Å². The van der Waals surface area contributed by atoms with Crippen molar-refractivity contribution in [3.8, 4) is 22.4 Å². The normalized spacial score (nSPS) is 20.2. The SMILES string of the molecule is CCNC(=O)N1CCC2(CCn3nc(-c4cnc(N)c(-c5ccc(S(C)=O)cc5)c4)cc32)C1. The number of aromatic nitrogens is 3. The molecule has 0 bridgehead atoms. The average molecular weight is 465 g/mol. The second kappa shape index (κ2) is 8.30. The van der Waals surface area contributed by atoms with Gasteiger partial charge in [-0.2, -0.15) is 5.10 Å². The smallest absolute Gasteiger partial charge is 0.317 e. The Morgan fingerprint density at radius 1 is 1.18 bits per heavy atom. The van der Waals surface area contributed by atoms with Gasteiger partial charge in [-0.1, -0.05) is 12.1 Å². The van der Waals surface area contributed by atoms with Gasteiger partial charge in [0.25, 0.3) is 0 Å². The molecule has 1 spiro atoms. The highest BCUT2D eigenvalue weighted by atomic mass is 32.2. The second-order valence-electron chi connectivity index (χ2n) is 8.81. The van der Waals surface area contributed by atoms with Crippen LogP contribution in [0.1, 0.15) is 25.5 Å². The van der Waals surface area contributed by atoms with Crippen molar-refractivity contribution in [3.63, 3.8) is 0 Å². The summed E-state index contributed by atoms with van der Waals surface area (Å²) >= 11 is 0. The first kappa shape index (κ1) is 21.6. The molecule has 4 heterocycles. The van der Waals surface area contributed by atoms with Crippen molar-refractivity contribution in [2.24, 2.45) is 0 Å². The van der Waals surface area contributed by atoms with Gasteiger partial charge < -0.3 is 16.0 Å². The largest absolute Gasteiger partial charge is 0.383 e. The number of rotatable bonds is 4. The standard InChI is InChI=1S/C24H28N6O2S/c1-3-26-23(31)29-10-8-24(15-29)9-11-30-21(24)13-20(28-30)17-12-19(22(25)27-14-17)16-4-6-18(7-5-16)33(2)32/h4-7,12-14H,3,8-11,15H2,1-2H3,(H2,25,27)(H,26,31). The number of nitrogens with two attached hydrogens (primary N) is 1. The highest BCUT2D eigenvalue weighted by molar-refractivity contribution is 7.84. The fourth-order valence-corrected chi connectivity index (χ4v) is 5.52. The van der Waals surface area contributed by atoms with Crippen molar-refractivity contribution in [1.82, 2.24) is 25.0 Å². The molecule has 2 aliphatic rings. The lowest BCUT2D eigenvalue weighted by Gasteiger charge is -2.23. The predicted molar refractivity (Wildman–Crippen MR) is 129 cm³/mol. The van der Waals surface area contributed by atoms with Gasteiger partial charge in [-0.25, -0.2) is 9.78 Å². The van der Waals surface area contributed by atoms with Gasteiger partial charge in [-0.3, -0.25) is 8.89 Å². The molecule has 1 aromatic carbocycles. The average Bonchev–Trinajstić information content (AvgIpc) is 3.51. The number of anilines is 1. The van der Waals surface area contributed by atoms with Gasteiger partial charge >= 0.3 is 6.03 Å². The van der Waals surface area contributed by atoms with Crippen LogP contribution in [0.25, 0.3) is 22.4 Å². The lowest BCUT2D eigenvalue weighted by molar-refractivity contribution is 0.206. The van der Waals surface area contributed by atoms with Crippen LogP contribution in [-0.4, -0.2) is 55.8 Å². The van der Waals surface area contributed by atoms with Crippen molar-refractivity contribution in [1.29, 1.82) is 0 Å². The monoisotopic (exact) mass is 464 g/mol. The number of carbonyl (C=O) groups is 1. The van der Waals surface area contributed by atoms with E-state index < -0.39 is 10.8 Å². The fourth-order valence-electron chi connectivity index (χ4n) is 5.00. The van der Waals surface area contributed by atoms with Gasteiger partial charge in [-0.05, 0) is 49.6 Å². The minimum Gasteiger partial charge on any atom is -0.383 e. The van der Waals surface area contributed by atoms with Crippen LogP contribution >= 0.6 is 0 Å². The van der Waals surface area contributed by atoms with Gasteiger partial charge in [0.1, 0.15) is 5.82 Å². The number of nitrogens with zero attached hydrogens (tertiary/aromatic N) is 4. The van der Waals surface area contributed by atoms with Gasteiger partial charge in [0.05, 0.1) is 5.69 Å². The number of nitrogens with one attached hydrogen (secondary N) is 1. The molecule has 2 unspecified atom stereocenters. The number of fused-ring (bicyclic) bond motifs is 2. The van der Waals surface area contributed by atoms with Gasteiger partial charge in [0.15, 0.2) is 0 Å². The molecule has 0 saturated carbocycles. The Hall–Kier alpha value is -3.20. The minimum atomic E-state index is -1.03. The van der Waals surface area contributed by atoms with Crippen molar-refractivity contribution in [2.45, 2.75) is 36.6 Å². The Kier molecular flexibility index (Phi) is 5.44. The maximum atomic E-state index is 12.3. The van der Waals surface area contributed by atoms with Crippen molar-refractivity contribution in [3.05, 3.63) is 48.3 Å². The number of carbonyl (C=O) groups excluding carboxylic acids is 1. The molecule has 0 radical (unpaired) electrons. The van der Waals surface area contributed by atoms with E-state index in [1.807, 2.05) is 42.2 Å². The third-order valence-corrected chi connectivity index (χ3v) is 7.74. The fraction of sp³-hybridized carbons (Fsp3) is 0.375. The maximum absolute atomic E-state index is 12.3. The first-order valence-electron chi connectivity index (χ1n) is 11.2. The predicted octanol–water partition coefficient (Wildman–Crippen LogP) is 3.01. The summed E-state index contributed by atoms with van der Waals surface area (Å²) in [4.78, 5) is 19.5. The number of amides is 2. The second-order valence-corrected chi connectivity index (χ2v) is 10.2. The molecule has 1 saturated heterocycles. The molecule has 3 N–H and O–H groups in total. The summed E-state index contributed by atoms with van der Waals surface area (Å²) in [6.07, 6.45) is 5.37. The maximum Gasteiger partial charge on any atom is 0.317 e. The molecule has 8 nitrogen and oxygen atoms in total. The Balaban J connectivity index is 1.44. The van der Waals surface area contributed by atoms with Crippen LogP contribution in [0.5, 0.6) is 0 Å². The first-order chi connectivity index (χ1) is 15.9. The van der Waals surface area contributed by atoms with Crippen LogP contribution in [-0.2, 0) is 22.8 Å². The number of urea groups is 1. The highest BCUT2D eigenvalue weighted by Gasteiger charge is 2.46. The molecule has 2 atom stereocenters. The molecule has 172 valence electrons. The van der Waals surface area contributed by atoms with E-state index in [0.717, 1.165) is 59.8 Å². The van der Waals surface area contributed by atoms with E-state index >= 15 is 0 Å². The van der Waals surface area contributed by atoms with E-state index in [9.17, 15) is 9.00 Å². The van der Waals surface area contributed by atoms with E-state index in [0.29, 0.717) is 12.4 Å². The number of pyridine rings is 1. The number of hydrogen-bond acceptors (Lipinski definition) is 5. The zero-order chi connectivity index (χ0) is 23.2. The summed E-state index contributed by atoms with van der Waals surface area (Å²) in [5, 5.41) is 7.78. The van der Waals surface area contributed by atoms with Crippen LogP contribution in [0.3, 0.4) is 0 Å². The molecule has 2 aromatic heterocycles. The van der Waals surface area contributed by atoms with Crippen molar-refractivity contribution in [2.75, 3.05) is 31.6 Å². The van der Waals surface area contributed by atoms with Crippen molar-refractivity contribution >= 4 is 22.6 Å². The molecular weight excluding hydrogens is 436 g/mol. The Bertz CT molecular complexity index is 1240. The molecule has 1 fully saturated rings. The topological polar surface area (TPSA) is 106 Å². The number of benzene rings is 1. The third-order valence-electron chi connectivity index (χ3n) is 6.81. The minimum absolute atomic E-state index is 0.0119. The van der Waals surface area contributed by atoms with Gasteiger partial charge in [0.2, 0.25) is 0 Å². The summed E-state index contributed by atoms with van der Waals surface area (Å²) in [7, 11) is -1.03. The van der Waals surface area contributed by atoms with E-state index in [1.54, 1.807) is 12.5 Å². The summed E-state index contributed by atoms with van der Waals surface area (Å²) in [5.41, 5.74) is 10.9. The molecule has 0 aliphatic carbocycles. The molecule has 9 heteroatoms. The highest BCUT2D eigenvalue weighted by Crippen LogP contribution is 2.44. The Morgan fingerprint density at radius 2 is 1.94 bits per heavy atom. The van der Waals surface area contributed by atoms with Crippen molar-refractivity contribution < 1.29 is 9.00 Å². The van der Waals surface area contributed by atoms with Crippen LogP contribution < -0.4 is 11.1 Å². The molecule has 33 heavy (non-hydrogen) atoms. The summed E-state index contributed by atoms with van der Waals surface area (Å²) in [5.74, 6) is 0.445. The third kappa shape index (κ3) is 3.80. The molecule has 2 amide bonds. The lowest BCUT2D eigenvalue weighted by atomic mass is 9.82. The number of hydrogen-bond donors (Lipinski definition) is 2. The number of likely N-dealkylation sites (tertiary alicyclic amines) is 1. The van der Waals surface area contributed by atoms with Gasteiger partial charge in [-0.15, -0.1) is 0 Å². The Morgan fingerprint density at radius 3 is 2.67 bits per heavy atom. The molecule has 3 aromatic rings. The van der Waals surface area contributed by atoms with Gasteiger partial charge in [0, 0.05) is 76.6 Å². The number of nitrogen functional groups attached to an aromatic ring is 1. The summed E-state index contributed by atoms with van der Waals surface area (Å²) in [6, 6.07) is 11.7. The van der Waals surface area contributed by atoms with E-state index in [1.165, 1.54) is 5.69 Å². The van der Waals surface area contributed by atoms with E-state index in [4.69, 9.17) is 10.8 Å². The molecule has 5 rings (SSSR count). The lowest BCUT2D eigenvalue weighted by Crippen LogP contribution is -2.40. The summed E-state index contributed by atoms with van der Waals surface area (Å²) in [6.45, 7) is 4.91. The van der Waals surface area contributed by atoms with Crippen LogP contribution in [0.4, 0.5) is 10.6 Å². The zero-order valence-corrected chi connectivity index (χ0v) is 19.7. The van der Waals surface area contributed by atoms with Crippen LogP contribution in [0.2, 0.25) is 0 Å². The molecule has 2 aliphatic heterocycles. The number of aryl methyl sites for hydroxylation is 1. The Labute approximate surface area is 195 Å². The van der Waals surface area contributed by atoms with E-state index in [-0.39, 0.29) is 11.4 Å². The first-order valence-corrected chi connectivity index (χ1v) is 12.8. The molecular formula is C24H28N6O2S.